The van der Waals surface area contributed by atoms with Gasteiger partial charge in [0.2, 0.25) is 11.8 Å². The van der Waals surface area contributed by atoms with Crippen LogP contribution < -0.4 is 10.5 Å². The Morgan fingerprint density at radius 1 is 1.39 bits per heavy atom. The molecule has 11 nitrogen and oxygen atoms in total. The number of alkyl halides is 1. The van der Waals surface area contributed by atoms with E-state index in [-0.39, 0.29) is 36.3 Å². The zero-order chi connectivity index (χ0) is 22.0. The van der Waals surface area contributed by atoms with Crippen LogP contribution in [0.4, 0.5) is 10.3 Å². The maximum Gasteiger partial charge on any atom is 0.475 e. The van der Waals surface area contributed by atoms with Crippen LogP contribution in [-0.2, 0) is 22.9 Å². The van der Waals surface area contributed by atoms with Gasteiger partial charge in [-0.25, -0.2) is 13.9 Å². The number of ether oxygens (including phenoxy) is 2. The Morgan fingerprint density at radius 2 is 2.16 bits per heavy atom. The number of nitrogens with two attached hydrogens (primary N) is 1. The second kappa shape index (κ2) is 7.35. The highest BCUT2D eigenvalue weighted by atomic mass is 31.2. The molecule has 0 radical (unpaired) electrons. The van der Waals surface area contributed by atoms with E-state index in [0.717, 1.165) is 19.3 Å². The Morgan fingerprint density at radius 3 is 2.84 bits per heavy atom. The molecule has 2 aromatic rings. The summed E-state index contributed by atoms with van der Waals surface area (Å²) in [5, 5.41) is 0. The number of hydrogen-bond donors (Lipinski definition) is 1. The third-order valence-corrected chi connectivity index (χ3v) is 7.16. The highest BCUT2D eigenvalue weighted by Gasteiger charge is 2.62. The van der Waals surface area contributed by atoms with E-state index in [1.54, 1.807) is 0 Å². The van der Waals surface area contributed by atoms with Crippen molar-refractivity contribution in [2.45, 2.75) is 76.3 Å². The van der Waals surface area contributed by atoms with Crippen molar-refractivity contribution < 1.29 is 32.0 Å². The van der Waals surface area contributed by atoms with E-state index in [1.165, 1.54) is 17.8 Å². The van der Waals surface area contributed by atoms with Crippen LogP contribution in [0.2, 0.25) is 0 Å². The van der Waals surface area contributed by atoms with Crippen molar-refractivity contribution >= 4 is 24.9 Å². The number of anilines is 1. The lowest BCUT2D eigenvalue weighted by Gasteiger charge is -2.36. The number of rotatable bonds is 5. The summed E-state index contributed by atoms with van der Waals surface area (Å²) in [6, 6.07) is 0. The molecule has 5 atom stereocenters. The van der Waals surface area contributed by atoms with Gasteiger partial charge in [0.25, 0.3) is 0 Å². The molecule has 2 aromatic heterocycles. The summed E-state index contributed by atoms with van der Waals surface area (Å²) in [5.74, 6) is 0.157. The van der Waals surface area contributed by atoms with Crippen LogP contribution in [0, 0.1) is 0 Å². The van der Waals surface area contributed by atoms with Crippen LogP contribution in [-0.4, -0.2) is 56.2 Å². The number of halogens is 1. The van der Waals surface area contributed by atoms with E-state index < -0.39 is 31.9 Å². The normalized spacial score (nSPS) is 36.0. The lowest BCUT2D eigenvalue weighted by Crippen LogP contribution is -2.45. The number of nitrogen functional groups attached to an aromatic ring is 1. The Labute approximate surface area is 178 Å². The van der Waals surface area contributed by atoms with Crippen molar-refractivity contribution in [1.82, 2.24) is 19.5 Å². The highest BCUT2D eigenvalue weighted by molar-refractivity contribution is 7.48. The van der Waals surface area contributed by atoms with Crippen molar-refractivity contribution in [3.8, 4) is 5.88 Å². The second-order valence-electron chi connectivity index (χ2n) is 8.48. The molecule has 13 heteroatoms. The molecule has 1 saturated carbocycles. The number of phosphoric ester groups is 1. The van der Waals surface area contributed by atoms with Crippen molar-refractivity contribution in [1.29, 1.82) is 0 Å². The van der Waals surface area contributed by atoms with E-state index in [9.17, 15) is 4.57 Å². The summed E-state index contributed by atoms with van der Waals surface area (Å²) in [4.78, 5) is 12.6. The second-order valence-corrected chi connectivity index (χ2v) is 10.1. The first-order valence-corrected chi connectivity index (χ1v) is 11.7. The minimum atomic E-state index is -3.88. The number of imidazole rings is 1. The molecule has 3 fully saturated rings. The molecule has 2 aliphatic heterocycles. The number of hydrogen-bond acceptors (Lipinski definition) is 10. The Balaban J connectivity index is 1.46. The van der Waals surface area contributed by atoms with Gasteiger partial charge in [0.05, 0.1) is 25.1 Å². The maximum atomic E-state index is 16.1. The van der Waals surface area contributed by atoms with Crippen LogP contribution in [0.15, 0.2) is 6.33 Å². The molecule has 0 aromatic carbocycles. The number of aromatic nitrogens is 4. The molecule has 0 bridgehead atoms. The first kappa shape index (κ1) is 21.0. The molecule has 0 amide bonds. The van der Waals surface area contributed by atoms with Gasteiger partial charge in [-0.3, -0.25) is 18.1 Å². The van der Waals surface area contributed by atoms with Crippen LogP contribution in [0.25, 0.3) is 11.2 Å². The van der Waals surface area contributed by atoms with Crippen molar-refractivity contribution in [2.24, 2.45) is 0 Å². The quantitative estimate of drug-likeness (QED) is 0.668. The molecule has 4 heterocycles. The number of fused-ring (bicyclic) bond motifs is 2. The molecule has 0 unspecified atom stereocenters. The Kier molecular flexibility index (Phi) is 4.98. The van der Waals surface area contributed by atoms with Gasteiger partial charge in [-0.2, -0.15) is 9.97 Å². The predicted octanol–water partition coefficient (Wildman–Crippen LogP) is 2.91. The van der Waals surface area contributed by atoms with Gasteiger partial charge in [0, 0.05) is 0 Å². The fourth-order valence-corrected chi connectivity index (χ4v) is 5.64. The third kappa shape index (κ3) is 3.60. The summed E-state index contributed by atoms with van der Waals surface area (Å²) < 4.78 is 58.4. The molecule has 1 aliphatic carbocycles. The highest BCUT2D eigenvalue weighted by Crippen LogP contribution is 2.61. The van der Waals surface area contributed by atoms with Gasteiger partial charge in [-0.1, -0.05) is 0 Å². The average Bonchev–Trinajstić information content (AvgIpc) is 3.17. The molecular weight excluding hydrogens is 432 g/mol. The fourth-order valence-electron chi connectivity index (χ4n) is 3.94. The minimum absolute atomic E-state index is 0.0427. The molecule has 31 heavy (non-hydrogen) atoms. The lowest BCUT2D eigenvalue weighted by atomic mass is 9.97. The summed E-state index contributed by atoms with van der Waals surface area (Å²) in [6.07, 6.45) is 0.460. The smallest absolute Gasteiger partial charge is 0.473 e. The van der Waals surface area contributed by atoms with Crippen LogP contribution >= 0.6 is 7.82 Å². The molecule has 170 valence electrons. The lowest BCUT2D eigenvalue weighted by molar-refractivity contribution is -0.0788. The van der Waals surface area contributed by atoms with E-state index in [2.05, 4.69) is 15.0 Å². The molecule has 5 rings (SSSR count). The third-order valence-electron chi connectivity index (χ3n) is 5.66. The van der Waals surface area contributed by atoms with E-state index in [1.807, 2.05) is 13.8 Å². The van der Waals surface area contributed by atoms with E-state index >= 15 is 4.39 Å². The molecule has 2 saturated heterocycles. The summed E-state index contributed by atoms with van der Waals surface area (Å²) in [7, 11) is -3.88. The standard InChI is InChI=1S/C18H25FN5O6P/c1-9(2)27-15-12-14(22-17(20)23-15)24(8-21-12)16-18(3,19)13-11(28-16)7-26-31(25,30-13)29-10-5-4-6-10/h8-11,13,16H,4-7H2,1-3H3,(H2,20,22,23)/t11-,13-,16-,18-,31-/m1/s1. The zero-order valence-electron chi connectivity index (χ0n) is 17.4. The van der Waals surface area contributed by atoms with Gasteiger partial charge in [0.15, 0.2) is 23.1 Å². The van der Waals surface area contributed by atoms with Crippen molar-refractivity contribution in [3.05, 3.63) is 6.33 Å². The number of phosphoric acid groups is 1. The first-order valence-electron chi connectivity index (χ1n) is 10.3. The number of nitrogens with zero attached hydrogens (tertiary/aromatic N) is 4. The zero-order valence-corrected chi connectivity index (χ0v) is 18.3. The van der Waals surface area contributed by atoms with Crippen LogP contribution in [0.5, 0.6) is 5.88 Å². The predicted molar refractivity (Wildman–Crippen MR) is 106 cm³/mol. The van der Waals surface area contributed by atoms with E-state index in [4.69, 9.17) is 28.8 Å². The molecule has 0 spiro atoms. The Hall–Kier alpha value is -1.85. The van der Waals surface area contributed by atoms with Crippen LogP contribution in [0.1, 0.15) is 46.3 Å². The van der Waals surface area contributed by atoms with Gasteiger partial charge in [-0.15, -0.1) is 0 Å². The maximum absolute atomic E-state index is 16.1. The van der Waals surface area contributed by atoms with Crippen LogP contribution in [0.3, 0.4) is 0 Å². The summed E-state index contributed by atoms with van der Waals surface area (Å²) in [5.41, 5.74) is 4.33. The molecule has 2 N–H and O–H groups in total. The average molecular weight is 457 g/mol. The largest absolute Gasteiger partial charge is 0.475 e. The van der Waals surface area contributed by atoms with Gasteiger partial charge >= 0.3 is 7.82 Å². The molecular formula is C18H25FN5O6P. The van der Waals surface area contributed by atoms with Gasteiger partial charge in [-0.05, 0) is 40.0 Å². The SMILES string of the molecule is CC(C)Oc1nc(N)nc2c1ncn2[C@@H]1O[C@@H]2CO[P@](=O)(OC3CCC3)O[C@H]2[C@@]1(C)F. The summed E-state index contributed by atoms with van der Waals surface area (Å²) >= 11 is 0. The molecule has 3 aliphatic rings. The fraction of sp³-hybridized carbons (Fsp3) is 0.722. The summed E-state index contributed by atoms with van der Waals surface area (Å²) in [6.45, 7) is 4.89. The Bertz CT molecular complexity index is 1040. The van der Waals surface area contributed by atoms with E-state index in [0.29, 0.717) is 5.52 Å². The van der Waals surface area contributed by atoms with Crippen molar-refractivity contribution in [2.75, 3.05) is 12.3 Å². The van der Waals surface area contributed by atoms with Gasteiger partial charge in [0.1, 0.15) is 12.2 Å². The topological polar surface area (TPSA) is 133 Å². The monoisotopic (exact) mass is 457 g/mol. The first-order chi connectivity index (χ1) is 14.7. The van der Waals surface area contributed by atoms with Crippen molar-refractivity contribution in [3.63, 3.8) is 0 Å². The van der Waals surface area contributed by atoms with Gasteiger partial charge < -0.3 is 15.2 Å². The minimum Gasteiger partial charge on any atom is -0.473 e.